The summed E-state index contributed by atoms with van der Waals surface area (Å²) in [4.78, 5) is 0. The van der Waals surface area contributed by atoms with E-state index in [1.54, 1.807) is 0 Å². The fraction of sp³-hybridized carbons (Fsp3) is 0.833. The fourth-order valence-electron chi connectivity index (χ4n) is 2.21. The molecule has 1 aliphatic heterocycles. The van der Waals surface area contributed by atoms with Gasteiger partial charge in [0.25, 0.3) is 0 Å². The molecule has 3 N–H and O–H groups in total. The van der Waals surface area contributed by atoms with E-state index in [1.165, 1.54) is 0 Å². The Hall–Kier alpha value is -0.380. The first-order chi connectivity index (χ1) is 6.89. The maximum atomic E-state index is 5.90. The van der Waals surface area contributed by atoms with Gasteiger partial charge in [0.15, 0.2) is 0 Å². The van der Waals surface area contributed by atoms with Gasteiger partial charge in [-0.1, -0.05) is 12.2 Å². The maximum Gasteiger partial charge on any atom is 0.0644 e. The summed E-state index contributed by atoms with van der Waals surface area (Å²) >= 11 is 0. The Bertz CT molecular complexity index is 238. The lowest BCUT2D eigenvalue weighted by atomic mass is 9.81. The molecule has 1 aliphatic rings. The van der Waals surface area contributed by atoms with Crippen molar-refractivity contribution in [2.24, 2.45) is 5.73 Å². The van der Waals surface area contributed by atoms with Gasteiger partial charge >= 0.3 is 0 Å². The van der Waals surface area contributed by atoms with Crippen LogP contribution in [0.15, 0.2) is 12.2 Å². The van der Waals surface area contributed by atoms with Gasteiger partial charge in [-0.25, -0.2) is 0 Å². The van der Waals surface area contributed by atoms with Crippen LogP contribution in [0.2, 0.25) is 0 Å². The van der Waals surface area contributed by atoms with Gasteiger partial charge in [-0.2, -0.15) is 0 Å². The van der Waals surface area contributed by atoms with E-state index in [0.717, 1.165) is 31.6 Å². The smallest absolute Gasteiger partial charge is 0.0644 e. The number of hydrogen-bond acceptors (Lipinski definition) is 3. The predicted molar refractivity (Wildman–Crippen MR) is 63.9 cm³/mol. The van der Waals surface area contributed by atoms with Gasteiger partial charge in [-0.15, -0.1) is 0 Å². The minimum atomic E-state index is -0.0697. The average Bonchev–Trinajstić information content (AvgIpc) is 2.13. The van der Waals surface area contributed by atoms with E-state index in [-0.39, 0.29) is 11.1 Å². The number of nitrogens with one attached hydrogen (secondary N) is 1. The summed E-state index contributed by atoms with van der Waals surface area (Å²) in [5.74, 6) is 0. The second kappa shape index (κ2) is 4.64. The van der Waals surface area contributed by atoms with Crippen LogP contribution in [-0.2, 0) is 4.74 Å². The molecule has 1 heterocycles. The third-order valence-corrected chi connectivity index (χ3v) is 2.99. The van der Waals surface area contributed by atoms with E-state index >= 15 is 0 Å². The van der Waals surface area contributed by atoms with Crippen molar-refractivity contribution < 1.29 is 4.74 Å². The number of hydrogen-bond donors (Lipinski definition) is 2. The molecule has 0 aliphatic carbocycles. The molecule has 1 rings (SSSR count). The molecule has 1 unspecified atom stereocenters. The van der Waals surface area contributed by atoms with Crippen LogP contribution >= 0.6 is 0 Å². The van der Waals surface area contributed by atoms with Crippen LogP contribution in [0.1, 0.15) is 33.6 Å². The van der Waals surface area contributed by atoms with E-state index in [2.05, 4.69) is 25.7 Å². The molecule has 0 aromatic carbocycles. The highest BCUT2D eigenvalue weighted by atomic mass is 16.5. The Morgan fingerprint density at radius 1 is 1.53 bits per heavy atom. The van der Waals surface area contributed by atoms with Gasteiger partial charge in [0.05, 0.1) is 5.60 Å². The second-order valence-corrected chi connectivity index (χ2v) is 5.33. The van der Waals surface area contributed by atoms with E-state index in [0.29, 0.717) is 6.54 Å². The van der Waals surface area contributed by atoms with Gasteiger partial charge < -0.3 is 15.8 Å². The van der Waals surface area contributed by atoms with Gasteiger partial charge in [-0.3, -0.25) is 0 Å². The molecule has 0 radical (unpaired) electrons. The largest absolute Gasteiger partial charge is 0.375 e. The third-order valence-electron chi connectivity index (χ3n) is 2.99. The van der Waals surface area contributed by atoms with E-state index in [4.69, 9.17) is 10.5 Å². The Morgan fingerprint density at radius 3 is 2.67 bits per heavy atom. The Kier molecular flexibility index (Phi) is 3.93. The zero-order valence-electron chi connectivity index (χ0n) is 10.2. The zero-order valence-corrected chi connectivity index (χ0v) is 10.2. The lowest BCUT2D eigenvalue weighted by Gasteiger charge is -2.45. The van der Waals surface area contributed by atoms with Crippen molar-refractivity contribution >= 4 is 0 Å². The van der Waals surface area contributed by atoms with E-state index in [1.807, 2.05) is 6.92 Å². The zero-order chi connectivity index (χ0) is 11.5. The number of ether oxygens (including phenoxy) is 1. The summed E-state index contributed by atoms with van der Waals surface area (Å²) in [6.07, 6.45) is 1.95. The van der Waals surface area contributed by atoms with E-state index in [9.17, 15) is 0 Å². The standard InChI is InChI=1S/C12H24N2O/c1-10(2)7-14-12(9-13)5-6-15-11(3,4)8-12/h14H,1,5-9,13H2,2-4H3. The molecule has 15 heavy (non-hydrogen) atoms. The monoisotopic (exact) mass is 212 g/mol. The first kappa shape index (κ1) is 12.7. The van der Waals surface area contributed by atoms with Crippen LogP contribution in [0, 0.1) is 0 Å². The summed E-state index contributed by atoms with van der Waals surface area (Å²) in [5, 5.41) is 3.54. The predicted octanol–water partition coefficient (Wildman–Crippen LogP) is 1.44. The van der Waals surface area contributed by atoms with Gasteiger partial charge in [-0.05, 0) is 33.6 Å². The molecule has 3 heteroatoms. The molecular formula is C12H24N2O. The summed E-state index contributed by atoms with van der Waals surface area (Å²) in [6, 6.07) is 0. The van der Waals surface area contributed by atoms with Crippen LogP contribution in [0.4, 0.5) is 0 Å². The molecular weight excluding hydrogens is 188 g/mol. The second-order valence-electron chi connectivity index (χ2n) is 5.33. The van der Waals surface area contributed by atoms with Crippen LogP contribution in [0.5, 0.6) is 0 Å². The molecule has 1 fully saturated rings. The number of rotatable bonds is 4. The molecule has 0 saturated carbocycles. The van der Waals surface area contributed by atoms with Crippen LogP contribution in [-0.4, -0.2) is 30.8 Å². The lowest BCUT2D eigenvalue weighted by molar-refractivity contribution is -0.0852. The molecule has 1 atom stereocenters. The molecule has 1 saturated heterocycles. The Labute approximate surface area is 93.1 Å². The summed E-state index contributed by atoms with van der Waals surface area (Å²) < 4.78 is 5.71. The maximum absolute atomic E-state index is 5.90. The summed E-state index contributed by atoms with van der Waals surface area (Å²) in [5.41, 5.74) is 7.00. The highest BCUT2D eigenvalue weighted by molar-refractivity contribution is 5.01. The van der Waals surface area contributed by atoms with Gasteiger partial charge in [0, 0.05) is 25.2 Å². The molecule has 3 nitrogen and oxygen atoms in total. The summed E-state index contributed by atoms with van der Waals surface area (Å²) in [7, 11) is 0. The number of nitrogens with two attached hydrogens (primary N) is 1. The molecule has 0 amide bonds. The van der Waals surface area contributed by atoms with Gasteiger partial charge in [0.1, 0.15) is 0 Å². The highest BCUT2D eigenvalue weighted by Gasteiger charge is 2.39. The average molecular weight is 212 g/mol. The molecule has 0 aromatic heterocycles. The topological polar surface area (TPSA) is 47.3 Å². The molecule has 0 spiro atoms. The first-order valence-electron chi connectivity index (χ1n) is 5.63. The van der Waals surface area contributed by atoms with E-state index < -0.39 is 0 Å². The Morgan fingerprint density at radius 2 is 2.20 bits per heavy atom. The lowest BCUT2D eigenvalue weighted by Crippen LogP contribution is -2.59. The van der Waals surface area contributed by atoms with Crippen molar-refractivity contribution in [3.05, 3.63) is 12.2 Å². The van der Waals surface area contributed by atoms with Crippen molar-refractivity contribution in [2.45, 2.75) is 44.8 Å². The van der Waals surface area contributed by atoms with Crippen molar-refractivity contribution in [1.29, 1.82) is 0 Å². The van der Waals surface area contributed by atoms with Crippen LogP contribution in [0.25, 0.3) is 0 Å². The summed E-state index contributed by atoms with van der Waals surface area (Å²) in [6.45, 7) is 12.5. The normalized spacial score (nSPS) is 30.1. The quantitative estimate of drug-likeness (QED) is 0.693. The molecule has 88 valence electrons. The molecule has 0 aromatic rings. The van der Waals surface area contributed by atoms with Crippen molar-refractivity contribution in [1.82, 2.24) is 5.32 Å². The van der Waals surface area contributed by atoms with Crippen LogP contribution in [0.3, 0.4) is 0 Å². The minimum absolute atomic E-state index is 0.0285. The highest BCUT2D eigenvalue weighted by Crippen LogP contribution is 2.31. The van der Waals surface area contributed by atoms with Crippen molar-refractivity contribution in [3.8, 4) is 0 Å². The third kappa shape index (κ3) is 3.59. The van der Waals surface area contributed by atoms with Crippen molar-refractivity contribution in [3.63, 3.8) is 0 Å². The minimum Gasteiger partial charge on any atom is -0.375 e. The Balaban J connectivity index is 2.62. The van der Waals surface area contributed by atoms with Gasteiger partial charge in [0.2, 0.25) is 0 Å². The first-order valence-corrected chi connectivity index (χ1v) is 5.63. The fourth-order valence-corrected chi connectivity index (χ4v) is 2.21. The van der Waals surface area contributed by atoms with Crippen molar-refractivity contribution in [2.75, 3.05) is 19.7 Å². The molecule has 0 bridgehead atoms. The van der Waals surface area contributed by atoms with Crippen LogP contribution < -0.4 is 11.1 Å². The SMILES string of the molecule is C=C(C)CNC1(CN)CCOC(C)(C)C1.